The van der Waals surface area contributed by atoms with Crippen LogP contribution < -0.4 is 0 Å². The molecule has 1 aromatic carbocycles. The molecule has 0 bridgehead atoms. The van der Waals surface area contributed by atoms with Crippen LogP contribution in [0.4, 0.5) is 5.69 Å². The lowest BCUT2D eigenvalue weighted by Crippen LogP contribution is -1.90. The van der Waals surface area contributed by atoms with Crippen LogP contribution in [0.15, 0.2) is 21.0 Å². The van der Waals surface area contributed by atoms with Crippen molar-refractivity contribution in [3.63, 3.8) is 0 Å². The quantitative estimate of drug-likeness (QED) is 0.337. The van der Waals surface area contributed by atoms with Gasteiger partial charge in [0.05, 0.1) is 4.92 Å². The predicted molar refractivity (Wildman–Crippen MR) is 51.4 cm³/mol. The fraction of sp³-hybridized carbons (Fsp3) is 0. The van der Waals surface area contributed by atoms with Gasteiger partial charge < -0.3 is 8.83 Å². The lowest BCUT2D eigenvalue weighted by atomic mass is 10.2. The number of fused-ring (bicyclic) bond motifs is 1. The van der Waals surface area contributed by atoms with E-state index in [1.54, 1.807) is 0 Å². The second-order valence-electron chi connectivity index (χ2n) is 2.70. The Kier molecular flexibility index (Phi) is 2.09. The van der Waals surface area contributed by atoms with Crippen molar-refractivity contribution in [1.29, 1.82) is 0 Å². The third kappa shape index (κ3) is 1.52. The van der Waals surface area contributed by atoms with Crippen molar-refractivity contribution < 1.29 is 18.6 Å². The van der Waals surface area contributed by atoms with Gasteiger partial charge in [0.1, 0.15) is 6.29 Å². The topological polar surface area (TPSA) is 86.5 Å². The van der Waals surface area contributed by atoms with E-state index in [9.17, 15) is 14.9 Å². The molecule has 0 aliphatic rings. The van der Waals surface area contributed by atoms with Crippen LogP contribution in [0.5, 0.6) is 0 Å². The van der Waals surface area contributed by atoms with Crippen molar-refractivity contribution in [2.24, 2.45) is 0 Å². The first kappa shape index (κ1) is 9.53. The average molecular weight is 225 g/mol. The summed E-state index contributed by atoms with van der Waals surface area (Å²) in [5, 5.41) is 10.6. The highest BCUT2D eigenvalue weighted by Crippen LogP contribution is 2.28. The summed E-state index contributed by atoms with van der Waals surface area (Å²) in [4.78, 5) is 20.3. The number of hydrogen-bond acceptors (Lipinski definition) is 6. The van der Waals surface area contributed by atoms with Crippen molar-refractivity contribution in [2.45, 2.75) is 0 Å². The van der Waals surface area contributed by atoms with Crippen molar-refractivity contribution in [3.8, 4) is 0 Å². The van der Waals surface area contributed by atoms with Gasteiger partial charge in [-0.25, -0.2) is 0 Å². The molecule has 0 aliphatic heterocycles. The van der Waals surface area contributed by atoms with E-state index in [2.05, 4.69) is 12.2 Å². The highest BCUT2D eigenvalue weighted by atomic mass is 32.1. The Morgan fingerprint density at radius 1 is 1.40 bits per heavy atom. The maximum atomic E-state index is 10.6. The molecule has 0 unspecified atom stereocenters. The Labute approximate surface area is 87.3 Å². The molecule has 7 heteroatoms. The van der Waals surface area contributed by atoms with E-state index in [1.165, 1.54) is 6.07 Å². The Bertz CT molecular complexity index is 611. The van der Waals surface area contributed by atoms with Crippen LogP contribution in [0.25, 0.3) is 11.2 Å². The van der Waals surface area contributed by atoms with Gasteiger partial charge in [-0.15, -0.1) is 0 Å². The van der Waals surface area contributed by atoms with Gasteiger partial charge in [-0.05, 0) is 6.07 Å². The zero-order chi connectivity index (χ0) is 11.0. The first-order chi connectivity index (χ1) is 7.11. The van der Waals surface area contributed by atoms with Gasteiger partial charge in [-0.3, -0.25) is 14.9 Å². The molecule has 1 heterocycles. The van der Waals surface area contributed by atoms with E-state index in [1.807, 2.05) is 0 Å². The molecule has 0 aliphatic carbocycles. The van der Waals surface area contributed by atoms with Gasteiger partial charge in [0.25, 0.3) is 5.58 Å². The number of hydrogen-bond donors (Lipinski definition) is 0. The zero-order valence-electron chi connectivity index (χ0n) is 7.13. The Morgan fingerprint density at radius 3 is 2.73 bits per heavy atom. The van der Waals surface area contributed by atoms with E-state index < -0.39 is 4.92 Å². The molecule has 0 saturated carbocycles. The number of nitro benzene ring substituents is 1. The molecule has 0 spiro atoms. The van der Waals surface area contributed by atoms with Crippen LogP contribution in [0.1, 0.15) is 10.4 Å². The number of aldehydes is 1. The summed E-state index contributed by atoms with van der Waals surface area (Å²) in [5.74, 6) is 0. The lowest BCUT2D eigenvalue weighted by Gasteiger charge is -1.92. The summed E-state index contributed by atoms with van der Waals surface area (Å²) in [6.07, 6.45) is 0.484. The molecule has 0 radical (unpaired) electrons. The molecule has 2 rings (SSSR count). The Morgan fingerprint density at radius 2 is 2.13 bits per heavy atom. The number of non-ortho nitro benzene ring substituents is 1. The molecular weight excluding hydrogens is 222 g/mol. The first-order valence-corrected chi connectivity index (χ1v) is 4.20. The number of carbonyl (C=O) groups excluding carboxylic acids is 1. The Hall–Kier alpha value is -2.02. The summed E-state index contributed by atoms with van der Waals surface area (Å²) in [7, 11) is 0. The fourth-order valence-electron chi connectivity index (χ4n) is 1.18. The van der Waals surface area contributed by atoms with Crippen molar-refractivity contribution in [2.75, 3.05) is 0 Å². The maximum Gasteiger partial charge on any atom is 0.363 e. The van der Waals surface area contributed by atoms with E-state index in [4.69, 9.17) is 8.83 Å². The summed E-state index contributed by atoms with van der Waals surface area (Å²) in [5.41, 5.74) is -0.171. The monoisotopic (exact) mass is 225 g/mol. The second kappa shape index (κ2) is 3.28. The molecule has 0 N–H and O–H groups in total. The van der Waals surface area contributed by atoms with E-state index in [0.29, 0.717) is 6.29 Å². The van der Waals surface area contributed by atoms with Crippen LogP contribution in [0.3, 0.4) is 0 Å². The summed E-state index contributed by atoms with van der Waals surface area (Å²) in [6, 6.07) is 2.43. The molecule has 76 valence electrons. The number of benzene rings is 1. The summed E-state index contributed by atoms with van der Waals surface area (Å²) in [6.45, 7) is 0. The fourth-order valence-corrected chi connectivity index (χ4v) is 1.36. The van der Waals surface area contributed by atoms with Gasteiger partial charge in [-0.2, -0.15) is 0 Å². The molecule has 0 amide bonds. The van der Waals surface area contributed by atoms with E-state index in [-0.39, 0.29) is 27.3 Å². The summed E-state index contributed by atoms with van der Waals surface area (Å²) < 4.78 is 9.74. The van der Waals surface area contributed by atoms with Crippen LogP contribution >= 0.6 is 12.2 Å². The number of rotatable bonds is 2. The largest absolute Gasteiger partial charge is 0.413 e. The minimum Gasteiger partial charge on any atom is -0.413 e. The highest BCUT2D eigenvalue weighted by Gasteiger charge is 2.19. The molecule has 6 nitrogen and oxygen atoms in total. The van der Waals surface area contributed by atoms with E-state index >= 15 is 0 Å². The normalized spacial score (nSPS) is 10.4. The summed E-state index contributed by atoms with van der Waals surface area (Å²) >= 11 is 4.59. The molecular formula is C8H3NO5S. The van der Waals surface area contributed by atoms with Gasteiger partial charge in [-0.1, -0.05) is 0 Å². The van der Waals surface area contributed by atoms with Crippen molar-refractivity contribution >= 4 is 35.4 Å². The number of nitro groups is 1. The van der Waals surface area contributed by atoms with Crippen molar-refractivity contribution in [3.05, 3.63) is 32.7 Å². The SMILES string of the molecule is O=Cc1cc([N+](=O)[O-])c2oc(=S)oc2c1. The molecule has 15 heavy (non-hydrogen) atoms. The zero-order valence-corrected chi connectivity index (χ0v) is 7.95. The lowest BCUT2D eigenvalue weighted by molar-refractivity contribution is -0.383. The third-order valence-corrected chi connectivity index (χ3v) is 1.94. The molecule has 0 fully saturated rings. The molecule has 0 atom stereocenters. The standard InChI is InChI=1S/C8H3NO5S/c10-3-4-1-5(9(11)12)7-6(2-4)13-8(15)14-7/h1-3H. The maximum absolute atomic E-state index is 10.6. The highest BCUT2D eigenvalue weighted by molar-refractivity contribution is 7.71. The number of nitrogens with zero attached hydrogens (tertiary/aromatic N) is 1. The van der Waals surface area contributed by atoms with Crippen molar-refractivity contribution in [1.82, 2.24) is 0 Å². The third-order valence-electron chi connectivity index (χ3n) is 1.77. The first-order valence-electron chi connectivity index (χ1n) is 3.79. The van der Waals surface area contributed by atoms with Gasteiger partial charge >= 0.3 is 10.6 Å². The molecule has 0 saturated heterocycles. The Balaban J connectivity index is 2.91. The molecule has 2 aromatic rings. The average Bonchev–Trinajstić information content (AvgIpc) is 2.55. The predicted octanol–water partition coefficient (Wildman–Crippen LogP) is 2.48. The van der Waals surface area contributed by atoms with Gasteiger partial charge in [0, 0.05) is 23.8 Å². The van der Waals surface area contributed by atoms with Gasteiger partial charge in [0.2, 0.25) is 0 Å². The number of carbonyl (C=O) groups is 1. The second-order valence-corrected chi connectivity index (χ2v) is 3.03. The molecule has 1 aromatic heterocycles. The minimum atomic E-state index is -0.664. The van der Waals surface area contributed by atoms with E-state index in [0.717, 1.165) is 6.07 Å². The van der Waals surface area contributed by atoms with Gasteiger partial charge in [0.15, 0.2) is 5.58 Å². The van der Waals surface area contributed by atoms with Crippen LogP contribution in [0.2, 0.25) is 0 Å². The van der Waals surface area contributed by atoms with Crippen LogP contribution in [-0.2, 0) is 0 Å². The minimum absolute atomic E-state index is 0.0596. The smallest absolute Gasteiger partial charge is 0.363 e. The van der Waals surface area contributed by atoms with Crippen LogP contribution in [0, 0.1) is 15.0 Å². The van der Waals surface area contributed by atoms with Crippen LogP contribution in [-0.4, -0.2) is 11.2 Å².